The number of aliphatic imine (C=N–C) groups is 1. The average Bonchev–Trinajstić information content (AvgIpc) is 3.66. The highest BCUT2D eigenvalue weighted by Gasteiger charge is 2.17. The second-order valence-corrected chi connectivity index (χ2v) is 12.9. The maximum Gasteiger partial charge on any atom is 0.248 e. The minimum absolute atomic E-state index is 0.188. The Morgan fingerprint density at radius 3 is 1.69 bits per heavy atom. The Hall–Kier alpha value is -5.78. The van der Waals surface area contributed by atoms with Crippen LogP contribution < -0.4 is 22.9 Å². The largest absolute Gasteiger partial charge is 0.399 e. The van der Waals surface area contributed by atoms with Crippen molar-refractivity contribution in [1.82, 2.24) is 9.13 Å². The summed E-state index contributed by atoms with van der Waals surface area (Å²) in [6.45, 7) is 4.64. The number of aryl methyl sites for hydroxylation is 2. The number of carbonyl (C=O) groups is 1. The molecule has 0 bridgehead atoms. The van der Waals surface area contributed by atoms with Crippen molar-refractivity contribution >= 4 is 44.9 Å². The third-order valence-corrected chi connectivity index (χ3v) is 8.95. The van der Waals surface area contributed by atoms with Gasteiger partial charge in [0.2, 0.25) is 18.8 Å². The lowest BCUT2D eigenvalue weighted by Crippen LogP contribution is -2.16. The zero-order valence-electron chi connectivity index (χ0n) is 29.3. The number of nitrogens with two attached hydrogens (primary N) is 4. The number of nitrogens with zero attached hydrogens (tertiary/aromatic N) is 3. The number of anilines is 2. The van der Waals surface area contributed by atoms with E-state index < -0.39 is 18.8 Å². The summed E-state index contributed by atoms with van der Waals surface area (Å²) in [6, 6.07) is 24.1. The van der Waals surface area contributed by atoms with Gasteiger partial charge in [-0.05, 0) is 65.1 Å². The van der Waals surface area contributed by atoms with Crippen molar-refractivity contribution in [3.8, 4) is 22.3 Å². The molecule has 0 aliphatic heterocycles. The summed E-state index contributed by atoms with van der Waals surface area (Å²) in [5, 5.41) is 1.86. The van der Waals surface area contributed by atoms with Crippen LogP contribution in [0.4, 0.5) is 28.9 Å². The highest BCUT2D eigenvalue weighted by Crippen LogP contribution is 2.35. The van der Waals surface area contributed by atoms with E-state index in [1.807, 2.05) is 59.4 Å². The maximum atomic E-state index is 12.8. The van der Waals surface area contributed by atoms with Crippen molar-refractivity contribution < 1.29 is 22.4 Å². The molecule has 0 saturated heterocycles. The first-order chi connectivity index (χ1) is 24.8. The third-order valence-electron chi connectivity index (χ3n) is 8.95. The Labute approximate surface area is 299 Å². The van der Waals surface area contributed by atoms with Crippen LogP contribution in [0.1, 0.15) is 54.1 Å². The summed E-state index contributed by atoms with van der Waals surface area (Å²) in [5.41, 5.74) is 32.1. The lowest BCUT2D eigenvalue weighted by Gasteiger charge is -2.14. The van der Waals surface area contributed by atoms with E-state index >= 15 is 0 Å². The van der Waals surface area contributed by atoms with Crippen LogP contribution in [0, 0.1) is 0 Å². The molecule has 0 radical (unpaired) electrons. The number of aromatic nitrogens is 2. The van der Waals surface area contributed by atoms with Gasteiger partial charge in [-0.3, -0.25) is 9.79 Å². The van der Waals surface area contributed by atoms with E-state index in [4.69, 9.17) is 22.9 Å². The molecule has 4 aromatic carbocycles. The summed E-state index contributed by atoms with van der Waals surface area (Å²) in [5.74, 6) is 0.273. The summed E-state index contributed by atoms with van der Waals surface area (Å²) in [6.07, 6.45) is -1.43. The number of primary amides is 1. The number of benzene rings is 4. The van der Waals surface area contributed by atoms with Gasteiger partial charge in [0, 0.05) is 89.8 Å². The van der Waals surface area contributed by atoms with E-state index in [0.29, 0.717) is 28.7 Å². The molecule has 8 N–H and O–H groups in total. The average molecular weight is 714 g/mol. The highest BCUT2D eigenvalue weighted by atomic mass is 19.3. The number of nitrogen functional groups attached to an aromatic ring is 2. The Kier molecular flexibility index (Phi) is 11.6. The van der Waals surface area contributed by atoms with Gasteiger partial charge in [-0.2, -0.15) is 0 Å². The third kappa shape index (κ3) is 8.39. The van der Waals surface area contributed by atoms with Gasteiger partial charge in [0.1, 0.15) is 5.84 Å². The highest BCUT2D eigenvalue weighted by molar-refractivity contribution is 6.03. The predicted molar refractivity (Wildman–Crippen MR) is 204 cm³/mol. The van der Waals surface area contributed by atoms with E-state index in [-0.39, 0.29) is 25.9 Å². The second kappa shape index (κ2) is 16.1. The fraction of sp³-hybridized carbons (Fsp3) is 0.250. The van der Waals surface area contributed by atoms with Crippen molar-refractivity contribution in [2.45, 2.75) is 58.5 Å². The summed E-state index contributed by atoms with van der Waals surface area (Å²) >= 11 is 0. The number of fused-ring (bicyclic) bond motifs is 2. The number of carbonyl (C=O) groups excluding carboxylic acids is 1. The topological polar surface area (TPSA) is 143 Å². The standard InChI is InChI=1S/C22H26F2N4.C18H17F2N3O/c1-13(2)16-6-4-14(10-18(16)22(26)27-3)19-12-28(9-8-21(23)24)20-11-15(25)5-7-17(19)20;19-17(20)6-7-23-10-15(14-5-4-13(21)9-16(14)23)11-2-1-3-12(8-11)18(22)24/h4-7,10-13,21H,8-9,25H2,1-3H3,(H2,26,27);1-5,8-10,17H,6-7,21H2,(H2,22,24). The lowest BCUT2D eigenvalue weighted by molar-refractivity contribution is 0.1000. The van der Waals surface area contributed by atoms with Gasteiger partial charge in [-0.25, -0.2) is 17.6 Å². The van der Waals surface area contributed by atoms with Crippen molar-refractivity contribution in [3.05, 3.63) is 108 Å². The molecule has 1 amide bonds. The molecule has 6 aromatic rings. The smallest absolute Gasteiger partial charge is 0.248 e. The van der Waals surface area contributed by atoms with Gasteiger partial charge >= 0.3 is 0 Å². The molecule has 0 unspecified atom stereocenters. The molecule has 8 nitrogen and oxygen atoms in total. The van der Waals surface area contributed by atoms with Crippen LogP contribution in [0.2, 0.25) is 0 Å². The Morgan fingerprint density at radius 2 is 1.23 bits per heavy atom. The molecule has 2 heterocycles. The molecule has 0 saturated carbocycles. The molecule has 6 rings (SSSR count). The summed E-state index contributed by atoms with van der Waals surface area (Å²) in [7, 11) is 1.67. The van der Waals surface area contributed by atoms with Crippen LogP contribution in [-0.2, 0) is 13.1 Å². The van der Waals surface area contributed by atoms with Crippen LogP contribution in [-0.4, -0.2) is 40.8 Å². The quantitative estimate of drug-likeness (QED) is 0.0461. The first kappa shape index (κ1) is 37.5. The zero-order valence-corrected chi connectivity index (χ0v) is 29.3. The minimum atomic E-state index is -2.37. The van der Waals surface area contributed by atoms with Gasteiger partial charge in [0.25, 0.3) is 0 Å². The number of rotatable bonds is 11. The van der Waals surface area contributed by atoms with Crippen LogP contribution in [0.25, 0.3) is 44.1 Å². The maximum absolute atomic E-state index is 12.8. The van der Waals surface area contributed by atoms with E-state index in [2.05, 4.69) is 24.9 Å². The number of alkyl halides is 4. The molecule has 2 aromatic heterocycles. The van der Waals surface area contributed by atoms with Gasteiger partial charge in [0.05, 0.1) is 11.0 Å². The van der Waals surface area contributed by atoms with Crippen molar-refractivity contribution in [2.24, 2.45) is 16.5 Å². The van der Waals surface area contributed by atoms with Crippen molar-refractivity contribution in [2.75, 3.05) is 18.5 Å². The normalized spacial score (nSPS) is 11.9. The van der Waals surface area contributed by atoms with Crippen molar-refractivity contribution in [3.63, 3.8) is 0 Å². The molecule has 272 valence electrons. The number of amides is 1. The summed E-state index contributed by atoms with van der Waals surface area (Å²) < 4.78 is 54.3. The number of hydrogen-bond donors (Lipinski definition) is 4. The Morgan fingerprint density at radius 1 is 0.712 bits per heavy atom. The van der Waals surface area contributed by atoms with Crippen LogP contribution >= 0.6 is 0 Å². The number of hydrogen-bond acceptors (Lipinski definition) is 4. The fourth-order valence-electron chi connectivity index (χ4n) is 6.33. The van der Waals surface area contributed by atoms with E-state index in [1.54, 1.807) is 41.9 Å². The molecule has 0 atom stereocenters. The van der Waals surface area contributed by atoms with Crippen LogP contribution in [0.5, 0.6) is 0 Å². The SMILES string of the molecule is CN=C(N)c1cc(-c2cn(CCC(F)F)c3cc(N)ccc23)ccc1C(C)C.NC(=O)c1cccc(-c2cn(CCC(F)F)c3cc(N)ccc23)c1. The second-order valence-electron chi connectivity index (χ2n) is 12.9. The first-order valence-corrected chi connectivity index (χ1v) is 16.9. The molecule has 52 heavy (non-hydrogen) atoms. The van der Waals surface area contributed by atoms with Crippen molar-refractivity contribution in [1.29, 1.82) is 0 Å². The predicted octanol–water partition coefficient (Wildman–Crippen LogP) is 8.65. The molecule has 0 spiro atoms. The van der Waals surface area contributed by atoms with Crippen LogP contribution in [0.15, 0.2) is 96.2 Å². The molecule has 0 fully saturated rings. The molecule has 12 heteroatoms. The molecular formula is C40H43F4N7O. The molecule has 0 aliphatic rings. The van der Waals surface area contributed by atoms with E-state index in [0.717, 1.165) is 55.2 Å². The first-order valence-electron chi connectivity index (χ1n) is 16.9. The Bertz CT molecular complexity index is 2240. The number of amidine groups is 1. The number of halogens is 4. The minimum Gasteiger partial charge on any atom is -0.399 e. The van der Waals surface area contributed by atoms with Gasteiger partial charge in [-0.15, -0.1) is 0 Å². The monoisotopic (exact) mass is 713 g/mol. The summed E-state index contributed by atoms with van der Waals surface area (Å²) in [4.78, 5) is 15.5. The molecular weight excluding hydrogens is 670 g/mol. The molecule has 0 aliphatic carbocycles. The lowest BCUT2D eigenvalue weighted by atomic mass is 9.92. The van der Waals surface area contributed by atoms with Crippen LogP contribution in [0.3, 0.4) is 0 Å². The van der Waals surface area contributed by atoms with Gasteiger partial charge in [-0.1, -0.05) is 50.2 Å². The fourth-order valence-corrected chi connectivity index (χ4v) is 6.33. The zero-order chi connectivity index (χ0) is 37.7. The Balaban J connectivity index is 0.000000203. The van der Waals surface area contributed by atoms with E-state index in [1.165, 1.54) is 0 Å². The van der Waals surface area contributed by atoms with Gasteiger partial charge in [0.15, 0.2) is 0 Å². The van der Waals surface area contributed by atoms with E-state index in [9.17, 15) is 22.4 Å². The van der Waals surface area contributed by atoms with Gasteiger partial charge < -0.3 is 32.1 Å².